The van der Waals surface area contributed by atoms with Crippen molar-refractivity contribution < 1.29 is 24.1 Å². The largest absolute Gasteiger partial charge is 0.494 e. The first-order valence-electron chi connectivity index (χ1n) is 10.5. The Kier molecular flexibility index (Phi) is 9.78. The molecule has 0 atom stereocenters. The van der Waals surface area contributed by atoms with Crippen LogP contribution in [0.1, 0.15) is 50.7 Å². The first-order valence-corrected chi connectivity index (χ1v) is 10.5. The Balaban J connectivity index is 1.90. The van der Waals surface area contributed by atoms with Crippen LogP contribution in [0.5, 0.6) is 17.2 Å². The number of methoxy groups -OCH3 is 1. The highest BCUT2D eigenvalue weighted by Crippen LogP contribution is 2.29. The third-order valence-corrected chi connectivity index (χ3v) is 4.77. The summed E-state index contributed by atoms with van der Waals surface area (Å²) in [5, 5.41) is 9.19. The standard InChI is InChI=1S/C25H32O5/c1-4-6-7-15-29-22-11-8-19(9-12-22)14-16-30-23-13-10-20(18-24(23)28-3)17-21(5-2)25(26)27/h8-13,17-18H,4-7,14-16H2,1-3H3,(H,26,27)/b21-17-. The van der Waals surface area contributed by atoms with Crippen molar-refractivity contribution in [1.82, 2.24) is 0 Å². The Morgan fingerprint density at radius 1 is 0.967 bits per heavy atom. The molecule has 0 aliphatic rings. The van der Waals surface area contributed by atoms with Crippen molar-refractivity contribution >= 4 is 12.0 Å². The highest BCUT2D eigenvalue weighted by atomic mass is 16.5. The molecule has 0 aromatic heterocycles. The van der Waals surface area contributed by atoms with Gasteiger partial charge in [0.05, 0.1) is 20.3 Å². The highest BCUT2D eigenvalue weighted by Gasteiger charge is 2.08. The molecule has 2 aromatic carbocycles. The minimum Gasteiger partial charge on any atom is -0.494 e. The number of rotatable bonds is 13. The minimum absolute atomic E-state index is 0.350. The maximum Gasteiger partial charge on any atom is 0.331 e. The van der Waals surface area contributed by atoms with Gasteiger partial charge in [-0.1, -0.05) is 44.9 Å². The molecule has 0 unspecified atom stereocenters. The molecule has 0 aliphatic carbocycles. The third-order valence-electron chi connectivity index (χ3n) is 4.77. The highest BCUT2D eigenvalue weighted by molar-refractivity contribution is 5.92. The van der Waals surface area contributed by atoms with Crippen LogP contribution >= 0.6 is 0 Å². The predicted molar refractivity (Wildman–Crippen MR) is 120 cm³/mol. The van der Waals surface area contributed by atoms with Gasteiger partial charge in [-0.05, 0) is 54.3 Å². The molecule has 0 aliphatic heterocycles. The number of carbonyl (C=O) groups is 1. The van der Waals surface area contributed by atoms with Crippen molar-refractivity contribution in [2.24, 2.45) is 0 Å². The molecule has 1 N–H and O–H groups in total. The van der Waals surface area contributed by atoms with E-state index >= 15 is 0 Å². The Morgan fingerprint density at radius 2 is 1.73 bits per heavy atom. The second-order valence-electron chi connectivity index (χ2n) is 7.04. The molecule has 0 saturated carbocycles. The van der Waals surface area contributed by atoms with Crippen LogP contribution in [-0.2, 0) is 11.2 Å². The van der Waals surface area contributed by atoms with E-state index in [0.29, 0.717) is 30.1 Å². The van der Waals surface area contributed by atoms with E-state index in [0.717, 1.165) is 30.8 Å². The lowest BCUT2D eigenvalue weighted by atomic mass is 10.1. The van der Waals surface area contributed by atoms with Gasteiger partial charge in [0, 0.05) is 12.0 Å². The lowest BCUT2D eigenvalue weighted by Gasteiger charge is -2.12. The van der Waals surface area contributed by atoms with E-state index in [2.05, 4.69) is 19.1 Å². The number of aliphatic carboxylic acids is 1. The first-order chi connectivity index (χ1) is 14.6. The van der Waals surface area contributed by atoms with Gasteiger partial charge >= 0.3 is 5.97 Å². The van der Waals surface area contributed by atoms with Gasteiger partial charge in [0.25, 0.3) is 0 Å². The lowest BCUT2D eigenvalue weighted by Crippen LogP contribution is -2.03. The van der Waals surface area contributed by atoms with Gasteiger partial charge in [-0.2, -0.15) is 0 Å². The molecule has 0 amide bonds. The van der Waals surface area contributed by atoms with E-state index in [-0.39, 0.29) is 0 Å². The average molecular weight is 413 g/mol. The maximum absolute atomic E-state index is 11.2. The smallest absolute Gasteiger partial charge is 0.331 e. The van der Waals surface area contributed by atoms with E-state index in [1.54, 1.807) is 19.3 Å². The molecule has 0 heterocycles. The zero-order chi connectivity index (χ0) is 21.8. The van der Waals surface area contributed by atoms with Gasteiger partial charge in [-0.3, -0.25) is 0 Å². The topological polar surface area (TPSA) is 65.0 Å². The summed E-state index contributed by atoms with van der Waals surface area (Å²) in [6.45, 7) is 5.27. The van der Waals surface area contributed by atoms with Crippen LogP contribution in [0.25, 0.3) is 6.08 Å². The van der Waals surface area contributed by atoms with E-state index in [9.17, 15) is 9.90 Å². The second-order valence-corrected chi connectivity index (χ2v) is 7.04. The third kappa shape index (κ3) is 7.47. The monoisotopic (exact) mass is 412 g/mol. The summed E-state index contributed by atoms with van der Waals surface area (Å²) in [4.78, 5) is 11.2. The Morgan fingerprint density at radius 3 is 2.37 bits per heavy atom. The van der Waals surface area contributed by atoms with Crippen molar-refractivity contribution in [2.45, 2.75) is 46.0 Å². The van der Waals surface area contributed by atoms with Crippen molar-refractivity contribution in [3.05, 3.63) is 59.2 Å². The predicted octanol–water partition coefficient (Wildman–Crippen LogP) is 5.76. The molecule has 2 aromatic rings. The van der Waals surface area contributed by atoms with Crippen molar-refractivity contribution in [2.75, 3.05) is 20.3 Å². The molecular weight excluding hydrogens is 380 g/mol. The number of hydrogen-bond acceptors (Lipinski definition) is 4. The van der Waals surface area contributed by atoms with E-state index in [1.165, 1.54) is 18.4 Å². The van der Waals surface area contributed by atoms with Crippen LogP contribution in [0.4, 0.5) is 0 Å². The fraction of sp³-hybridized carbons (Fsp3) is 0.400. The average Bonchev–Trinajstić information content (AvgIpc) is 2.76. The molecule has 5 heteroatoms. The summed E-state index contributed by atoms with van der Waals surface area (Å²) in [5.41, 5.74) is 2.29. The van der Waals surface area contributed by atoms with Crippen molar-refractivity contribution in [3.63, 3.8) is 0 Å². The number of benzene rings is 2. The molecule has 0 spiro atoms. The summed E-state index contributed by atoms with van der Waals surface area (Å²) in [6, 6.07) is 13.5. The van der Waals surface area contributed by atoms with Gasteiger partial charge < -0.3 is 19.3 Å². The van der Waals surface area contributed by atoms with E-state index in [4.69, 9.17) is 14.2 Å². The van der Waals surface area contributed by atoms with Crippen molar-refractivity contribution in [3.8, 4) is 17.2 Å². The molecule has 0 radical (unpaired) electrons. The maximum atomic E-state index is 11.2. The van der Waals surface area contributed by atoms with Crippen LogP contribution in [0.2, 0.25) is 0 Å². The molecule has 30 heavy (non-hydrogen) atoms. The number of unbranched alkanes of at least 4 members (excludes halogenated alkanes) is 2. The fourth-order valence-corrected chi connectivity index (χ4v) is 2.98. The first kappa shape index (κ1) is 23.3. The molecule has 0 saturated heterocycles. The molecule has 5 nitrogen and oxygen atoms in total. The normalized spacial score (nSPS) is 11.2. The summed E-state index contributed by atoms with van der Waals surface area (Å²) >= 11 is 0. The SMILES string of the molecule is CCCCCOc1ccc(CCOc2ccc(/C=C(/CC)C(=O)O)cc2OC)cc1. The van der Waals surface area contributed by atoms with Gasteiger partial charge in [-0.25, -0.2) is 4.79 Å². The Hall–Kier alpha value is -2.95. The van der Waals surface area contributed by atoms with Crippen LogP contribution < -0.4 is 14.2 Å². The van der Waals surface area contributed by atoms with Gasteiger partial charge in [0.1, 0.15) is 5.75 Å². The number of carboxylic acid groups (broad SMARTS) is 1. The van der Waals surface area contributed by atoms with Crippen LogP contribution in [0.15, 0.2) is 48.0 Å². The van der Waals surface area contributed by atoms with Crippen LogP contribution in [-0.4, -0.2) is 31.4 Å². The molecule has 2 rings (SSSR count). The van der Waals surface area contributed by atoms with E-state index in [1.807, 2.05) is 31.2 Å². The number of carboxylic acids is 1. The van der Waals surface area contributed by atoms with Crippen LogP contribution in [0.3, 0.4) is 0 Å². The zero-order valence-electron chi connectivity index (χ0n) is 18.1. The summed E-state index contributed by atoms with van der Waals surface area (Å²) in [6.07, 6.45) is 6.33. The van der Waals surface area contributed by atoms with Crippen molar-refractivity contribution in [1.29, 1.82) is 0 Å². The molecule has 162 valence electrons. The Bertz CT molecular complexity index is 824. The Labute approximate surface area is 179 Å². The molecule has 0 fully saturated rings. The zero-order valence-corrected chi connectivity index (χ0v) is 18.1. The van der Waals surface area contributed by atoms with Crippen LogP contribution in [0, 0.1) is 0 Å². The lowest BCUT2D eigenvalue weighted by molar-refractivity contribution is -0.132. The van der Waals surface area contributed by atoms with Gasteiger partial charge in [0.2, 0.25) is 0 Å². The van der Waals surface area contributed by atoms with Gasteiger partial charge in [-0.15, -0.1) is 0 Å². The minimum atomic E-state index is -0.908. The fourth-order valence-electron chi connectivity index (χ4n) is 2.98. The summed E-state index contributed by atoms with van der Waals surface area (Å²) < 4.78 is 17.1. The molecular formula is C25H32O5. The molecule has 0 bridgehead atoms. The number of ether oxygens (including phenoxy) is 3. The quantitative estimate of drug-likeness (QED) is 0.334. The summed E-state index contributed by atoms with van der Waals surface area (Å²) in [5.74, 6) is 1.21. The van der Waals surface area contributed by atoms with E-state index < -0.39 is 5.97 Å². The van der Waals surface area contributed by atoms with Gasteiger partial charge in [0.15, 0.2) is 11.5 Å². The number of hydrogen-bond donors (Lipinski definition) is 1. The summed E-state index contributed by atoms with van der Waals surface area (Å²) in [7, 11) is 1.58. The second kappa shape index (κ2) is 12.6.